The Morgan fingerprint density at radius 3 is 2.89 bits per heavy atom. The van der Waals surface area contributed by atoms with Gasteiger partial charge in [0.05, 0.1) is 22.5 Å². The van der Waals surface area contributed by atoms with Crippen molar-refractivity contribution >= 4 is 17.4 Å². The van der Waals surface area contributed by atoms with E-state index in [1.165, 1.54) is 0 Å². The SMILES string of the molecule is O=C1NC(=O)C2C=CC3=c4ccccc4=NC3=C12. The van der Waals surface area contributed by atoms with E-state index in [2.05, 4.69) is 10.3 Å². The number of imide groups is 1. The first kappa shape index (κ1) is 9.53. The van der Waals surface area contributed by atoms with Crippen LogP contribution in [0.4, 0.5) is 0 Å². The minimum atomic E-state index is -0.477. The second-order valence-corrected chi connectivity index (χ2v) is 4.46. The Balaban J connectivity index is 2.12. The molecule has 0 radical (unpaired) electrons. The van der Waals surface area contributed by atoms with Crippen LogP contribution in [0.15, 0.2) is 52.7 Å². The van der Waals surface area contributed by atoms with Crippen molar-refractivity contribution in [2.24, 2.45) is 10.9 Å². The van der Waals surface area contributed by atoms with Crippen LogP contribution < -0.4 is 15.9 Å². The van der Waals surface area contributed by atoms with Crippen molar-refractivity contribution in [1.29, 1.82) is 0 Å². The van der Waals surface area contributed by atoms with E-state index < -0.39 is 5.92 Å². The van der Waals surface area contributed by atoms with Gasteiger partial charge in [0, 0.05) is 10.8 Å². The average molecular weight is 236 g/mol. The molecule has 18 heavy (non-hydrogen) atoms. The third-order valence-electron chi connectivity index (χ3n) is 3.47. The van der Waals surface area contributed by atoms with Crippen LogP contribution in [0, 0.1) is 5.92 Å². The number of hydrogen-bond donors (Lipinski definition) is 1. The van der Waals surface area contributed by atoms with Gasteiger partial charge in [0.15, 0.2) is 0 Å². The summed E-state index contributed by atoms with van der Waals surface area (Å²) >= 11 is 0. The second-order valence-electron chi connectivity index (χ2n) is 4.46. The minimum absolute atomic E-state index is 0.260. The van der Waals surface area contributed by atoms with E-state index in [1.807, 2.05) is 30.3 Å². The molecule has 4 heteroatoms. The Kier molecular flexibility index (Phi) is 1.61. The maximum Gasteiger partial charge on any atom is 0.257 e. The van der Waals surface area contributed by atoms with Gasteiger partial charge in [-0.3, -0.25) is 14.9 Å². The summed E-state index contributed by atoms with van der Waals surface area (Å²) in [5.41, 5.74) is 2.06. The topological polar surface area (TPSA) is 58.5 Å². The van der Waals surface area contributed by atoms with Crippen LogP contribution in [0.2, 0.25) is 0 Å². The van der Waals surface area contributed by atoms with Crippen molar-refractivity contribution < 1.29 is 9.59 Å². The molecule has 1 unspecified atom stereocenters. The summed E-state index contributed by atoms with van der Waals surface area (Å²) in [7, 11) is 0. The molecule has 1 aromatic rings. The summed E-state index contributed by atoms with van der Waals surface area (Å²) < 4.78 is 0. The van der Waals surface area contributed by atoms with Crippen LogP contribution in [-0.4, -0.2) is 11.8 Å². The maximum atomic E-state index is 11.8. The van der Waals surface area contributed by atoms with Gasteiger partial charge in [0.1, 0.15) is 0 Å². The maximum absolute atomic E-state index is 11.8. The van der Waals surface area contributed by atoms with Gasteiger partial charge in [-0.05, 0) is 6.07 Å². The van der Waals surface area contributed by atoms with Crippen LogP contribution in [0.1, 0.15) is 0 Å². The molecular weight excluding hydrogens is 228 g/mol. The Morgan fingerprint density at radius 2 is 2.00 bits per heavy atom. The van der Waals surface area contributed by atoms with Gasteiger partial charge >= 0.3 is 0 Å². The number of nitrogens with zero attached hydrogens (tertiary/aromatic N) is 1. The predicted molar refractivity (Wildman–Crippen MR) is 63.4 cm³/mol. The summed E-state index contributed by atoms with van der Waals surface area (Å²) in [6, 6.07) is 7.73. The van der Waals surface area contributed by atoms with E-state index in [-0.39, 0.29) is 11.8 Å². The van der Waals surface area contributed by atoms with E-state index >= 15 is 0 Å². The Hall–Kier alpha value is -2.49. The highest BCUT2D eigenvalue weighted by atomic mass is 16.2. The lowest BCUT2D eigenvalue weighted by molar-refractivity contribution is -0.125. The number of amides is 2. The molecule has 86 valence electrons. The van der Waals surface area contributed by atoms with Crippen molar-refractivity contribution in [3.8, 4) is 0 Å². The third-order valence-corrected chi connectivity index (χ3v) is 3.47. The average Bonchev–Trinajstić information content (AvgIpc) is 2.88. The zero-order chi connectivity index (χ0) is 12.3. The van der Waals surface area contributed by atoms with Crippen LogP contribution in [0.3, 0.4) is 0 Å². The molecule has 0 bridgehead atoms. The molecular formula is C14H8N2O2. The lowest BCUT2D eigenvalue weighted by Gasteiger charge is -2.11. The number of carbonyl (C=O) groups is 2. The monoisotopic (exact) mass is 236 g/mol. The van der Waals surface area contributed by atoms with Gasteiger partial charge in [-0.2, -0.15) is 0 Å². The fourth-order valence-electron chi connectivity index (χ4n) is 2.64. The molecule has 1 fully saturated rings. The molecule has 2 aliphatic heterocycles. The first-order valence-electron chi connectivity index (χ1n) is 5.72. The molecule has 0 saturated carbocycles. The van der Waals surface area contributed by atoms with Crippen LogP contribution >= 0.6 is 0 Å². The standard InChI is InChI=1S/C14H8N2O2/c17-13-9-6-5-8-7-3-1-2-4-10(7)15-12(8)11(9)14(18)16-13/h1-6,9H,(H,16,17,18). The first-order valence-corrected chi connectivity index (χ1v) is 5.72. The highest BCUT2D eigenvalue weighted by Crippen LogP contribution is 2.33. The summed E-state index contributed by atoms with van der Waals surface area (Å²) in [6.07, 6.45) is 3.66. The lowest BCUT2D eigenvalue weighted by atomic mass is 9.90. The highest BCUT2D eigenvalue weighted by Gasteiger charge is 2.40. The smallest absolute Gasteiger partial charge is 0.257 e. The number of nitrogens with one attached hydrogen (secondary N) is 1. The number of carbonyl (C=O) groups excluding carboxylic acids is 2. The first-order chi connectivity index (χ1) is 8.75. The molecule has 1 N–H and O–H groups in total. The highest BCUT2D eigenvalue weighted by molar-refractivity contribution is 6.18. The van der Waals surface area contributed by atoms with E-state index in [0.717, 1.165) is 16.1 Å². The van der Waals surface area contributed by atoms with Crippen LogP contribution in [-0.2, 0) is 9.59 Å². The van der Waals surface area contributed by atoms with Crippen molar-refractivity contribution in [2.45, 2.75) is 0 Å². The zero-order valence-electron chi connectivity index (χ0n) is 9.31. The number of benzene rings is 1. The van der Waals surface area contributed by atoms with Crippen LogP contribution in [0.5, 0.6) is 0 Å². The Morgan fingerprint density at radius 1 is 1.17 bits per heavy atom. The molecule has 0 aromatic heterocycles. The van der Waals surface area contributed by atoms with E-state index in [0.29, 0.717) is 11.3 Å². The third kappa shape index (κ3) is 1.02. The van der Waals surface area contributed by atoms with Gasteiger partial charge in [-0.1, -0.05) is 30.4 Å². The van der Waals surface area contributed by atoms with Crippen molar-refractivity contribution in [2.75, 3.05) is 0 Å². The Bertz CT molecular complexity index is 799. The van der Waals surface area contributed by atoms with Crippen molar-refractivity contribution in [3.05, 3.63) is 58.3 Å². The van der Waals surface area contributed by atoms with Crippen molar-refractivity contribution in [1.82, 2.24) is 5.32 Å². The Labute approximate surface area is 102 Å². The largest absolute Gasteiger partial charge is 0.292 e. The molecule has 1 saturated heterocycles. The number of rotatable bonds is 0. The molecule has 3 aliphatic rings. The quantitative estimate of drug-likeness (QED) is 0.621. The fraction of sp³-hybridized carbons (Fsp3) is 0.0714. The van der Waals surface area contributed by atoms with Gasteiger partial charge in [0.2, 0.25) is 5.91 Å². The molecule has 4 rings (SSSR count). The van der Waals surface area contributed by atoms with E-state index in [4.69, 9.17) is 0 Å². The second kappa shape index (κ2) is 3.04. The number of allylic oxidation sites excluding steroid dienone is 1. The zero-order valence-corrected chi connectivity index (χ0v) is 9.31. The number of hydrogen-bond acceptors (Lipinski definition) is 3. The summed E-state index contributed by atoms with van der Waals surface area (Å²) in [5.74, 6) is -1.06. The molecule has 4 nitrogen and oxygen atoms in total. The van der Waals surface area contributed by atoms with Gasteiger partial charge in [-0.15, -0.1) is 0 Å². The molecule has 2 amide bonds. The van der Waals surface area contributed by atoms with E-state index in [9.17, 15) is 9.59 Å². The van der Waals surface area contributed by atoms with Gasteiger partial charge in [-0.25, -0.2) is 4.99 Å². The van der Waals surface area contributed by atoms with Gasteiger partial charge in [0.25, 0.3) is 5.91 Å². The number of para-hydroxylation sites is 1. The molecule has 2 heterocycles. The molecule has 0 spiro atoms. The predicted octanol–water partition coefficient (Wildman–Crippen LogP) is -0.433. The van der Waals surface area contributed by atoms with Crippen molar-refractivity contribution in [3.63, 3.8) is 0 Å². The summed E-state index contributed by atoms with van der Waals surface area (Å²) in [6.45, 7) is 0. The molecule has 1 aromatic carbocycles. The normalized spacial score (nSPS) is 23.6. The number of fused-ring (bicyclic) bond motifs is 3. The summed E-state index contributed by atoms with van der Waals surface area (Å²) in [4.78, 5) is 27.9. The van der Waals surface area contributed by atoms with Gasteiger partial charge < -0.3 is 0 Å². The fourth-order valence-corrected chi connectivity index (χ4v) is 2.64. The van der Waals surface area contributed by atoms with E-state index in [1.54, 1.807) is 6.08 Å². The molecule has 1 aliphatic carbocycles. The lowest BCUT2D eigenvalue weighted by Crippen LogP contribution is -2.22. The summed E-state index contributed by atoms with van der Waals surface area (Å²) in [5, 5.41) is 4.21. The minimum Gasteiger partial charge on any atom is -0.292 e. The molecule has 1 atom stereocenters. The van der Waals surface area contributed by atoms with Crippen LogP contribution in [0.25, 0.3) is 5.57 Å².